The van der Waals surface area contributed by atoms with E-state index in [4.69, 9.17) is 4.74 Å². The van der Waals surface area contributed by atoms with Crippen molar-refractivity contribution < 1.29 is 4.74 Å². The molecule has 112 valence electrons. The van der Waals surface area contributed by atoms with Crippen molar-refractivity contribution in [1.29, 1.82) is 0 Å². The second-order valence-corrected chi connectivity index (χ2v) is 5.40. The molecule has 21 heavy (non-hydrogen) atoms. The second-order valence-electron chi connectivity index (χ2n) is 4.39. The molecule has 1 heterocycles. The number of benzene rings is 1. The molecule has 0 saturated heterocycles. The molecule has 6 heteroatoms. The maximum Gasteiger partial charge on any atom is 0.251 e. The SMILES string of the molecule is CCOc1ccc(C(CSc2nccc(=O)[nH]2)NC)cc1. The highest BCUT2D eigenvalue weighted by molar-refractivity contribution is 7.99. The number of H-pyrrole nitrogens is 1. The highest BCUT2D eigenvalue weighted by Gasteiger charge is 2.10. The monoisotopic (exact) mass is 305 g/mol. The Morgan fingerprint density at radius 2 is 2.10 bits per heavy atom. The molecule has 2 rings (SSSR count). The van der Waals surface area contributed by atoms with Crippen LogP contribution in [0.4, 0.5) is 0 Å². The van der Waals surface area contributed by atoms with Gasteiger partial charge in [0.1, 0.15) is 5.75 Å². The lowest BCUT2D eigenvalue weighted by molar-refractivity contribution is 0.340. The topological polar surface area (TPSA) is 67.0 Å². The van der Waals surface area contributed by atoms with Crippen molar-refractivity contribution in [2.24, 2.45) is 0 Å². The van der Waals surface area contributed by atoms with E-state index < -0.39 is 0 Å². The van der Waals surface area contributed by atoms with Crippen molar-refractivity contribution in [3.63, 3.8) is 0 Å². The lowest BCUT2D eigenvalue weighted by atomic mass is 10.1. The summed E-state index contributed by atoms with van der Waals surface area (Å²) in [4.78, 5) is 18.1. The van der Waals surface area contributed by atoms with Gasteiger partial charge in [0.2, 0.25) is 0 Å². The van der Waals surface area contributed by atoms with E-state index in [1.54, 1.807) is 0 Å². The average molecular weight is 305 g/mol. The van der Waals surface area contributed by atoms with Crippen molar-refractivity contribution in [3.8, 4) is 5.75 Å². The second kappa shape index (κ2) is 7.85. The maximum absolute atomic E-state index is 11.2. The summed E-state index contributed by atoms with van der Waals surface area (Å²) in [5, 5.41) is 3.91. The number of aromatic nitrogens is 2. The molecule has 5 nitrogen and oxygen atoms in total. The Morgan fingerprint density at radius 1 is 1.33 bits per heavy atom. The van der Waals surface area contributed by atoms with Crippen LogP contribution in [0.2, 0.25) is 0 Å². The molecule has 0 radical (unpaired) electrons. The molecule has 0 fully saturated rings. The van der Waals surface area contributed by atoms with Gasteiger partial charge in [-0.05, 0) is 31.7 Å². The Morgan fingerprint density at radius 3 is 2.71 bits per heavy atom. The van der Waals surface area contributed by atoms with Gasteiger partial charge in [0, 0.05) is 24.1 Å². The lowest BCUT2D eigenvalue weighted by Crippen LogP contribution is -2.19. The van der Waals surface area contributed by atoms with E-state index in [-0.39, 0.29) is 11.6 Å². The van der Waals surface area contributed by atoms with Crippen molar-refractivity contribution >= 4 is 11.8 Å². The Bertz CT molecular complexity index is 613. The van der Waals surface area contributed by atoms with Crippen LogP contribution >= 0.6 is 11.8 Å². The summed E-state index contributed by atoms with van der Waals surface area (Å²) in [6.45, 7) is 2.63. The highest BCUT2D eigenvalue weighted by atomic mass is 32.2. The summed E-state index contributed by atoms with van der Waals surface area (Å²) in [5.74, 6) is 1.65. The Balaban J connectivity index is 2.00. The summed E-state index contributed by atoms with van der Waals surface area (Å²) in [6.07, 6.45) is 1.52. The van der Waals surface area contributed by atoms with Crippen molar-refractivity contribution in [2.45, 2.75) is 18.1 Å². The van der Waals surface area contributed by atoms with Crippen LogP contribution < -0.4 is 15.6 Å². The molecular weight excluding hydrogens is 286 g/mol. The van der Waals surface area contributed by atoms with Gasteiger partial charge in [-0.15, -0.1) is 0 Å². The molecule has 0 aliphatic heterocycles. The predicted octanol–water partition coefficient (Wildman–Crippen LogP) is 2.22. The van der Waals surface area contributed by atoms with E-state index in [1.165, 1.54) is 29.6 Å². The minimum absolute atomic E-state index is 0.130. The minimum atomic E-state index is -0.130. The number of hydrogen-bond acceptors (Lipinski definition) is 5. The van der Waals surface area contributed by atoms with Crippen LogP contribution in [0.15, 0.2) is 46.5 Å². The van der Waals surface area contributed by atoms with E-state index in [1.807, 2.05) is 38.2 Å². The molecule has 1 aromatic heterocycles. The zero-order chi connectivity index (χ0) is 15.1. The molecule has 1 aromatic carbocycles. The number of thioether (sulfide) groups is 1. The number of ether oxygens (including phenoxy) is 1. The highest BCUT2D eigenvalue weighted by Crippen LogP contribution is 2.23. The first-order valence-corrected chi connectivity index (χ1v) is 7.79. The van der Waals surface area contributed by atoms with E-state index in [0.717, 1.165) is 11.5 Å². The molecule has 0 bridgehead atoms. The Labute approximate surface area is 128 Å². The molecule has 2 N–H and O–H groups in total. The average Bonchev–Trinajstić information content (AvgIpc) is 2.50. The quantitative estimate of drug-likeness (QED) is 0.606. The minimum Gasteiger partial charge on any atom is -0.494 e. The van der Waals surface area contributed by atoms with Gasteiger partial charge in [-0.1, -0.05) is 23.9 Å². The number of nitrogens with zero attached hydrogens (tertiary/aromatic N) is 1. The van der Waals surface area contributed by atoms with Crippen LogP contribution in [0.1, 0.15) is 18.5 Å². The summed E-state index contributed by atoms with van der Waals surface area (Å²) < 4.78 is 5.44. The first-order chi connectivity index (χ1) is 10.2. The van der Waals surface area contributed by atoms with Crippen molar-refractivity contribution in [1.82, 2.24) is 15.3 Å². The fourth-order valence-electron chi connectivity index (χ4n) is 1.90. The van der Waals surface area contributed by atoms with E-state index in [9.17, 15) is 4.79 Å². The smallest absolute Gasteiger partial charge is 0.251 e. The summed E-state index contributed by atoms with van der Waals surface area (Å²) in [6, 6.07) is 9.62. The first-order valence-electron chi connectivity index (χ1n) is 6.81. The third-order valence-electron chi connectivity index (χ3n) is 2.98. The summed E-state index contributed by atoms with van der Waals surface area (Å²) in [7, 11) is 1.92. The van der Waals surface area contributed by atoms with Crippen molar-refractivity contribution in [3.05, 3.63) is 52.4 Å². The van der Waals surface area contributed by atoms with Gasteiger partial charge in [-0.2, -0.15) is 0 Å². The fraction of sp³-hybridized carbons (Fsp3) is 0.333. The Kier molecular flexibility index (Phi) is 5.83. The zero-order valence-electron chi connectivity index (χ0n) is 12.1. The molecule has 2 aromatic rings. The van der Waals surface area contributed by atoms with Gasteiger partial charge < -0.3 is 15.0 Å². The van der Waals surface area contributed by atoms with Gasteiger partial charge in [-0.3, -0.25) is 4.79 Å². The van der Waals surface area contributed by atoms with Crippen LogP contribution in [0.5, 0.6) is 5.75 Å². The van der Waals surface area contributed by atoms with Gasteiger partial charge in [0.25, 0.3) is 5.56 Å². The molecule has 0 aliphatic carbocycles. The van der Waals surface area contributed by atoms with Gasteiger partial charge in [0.15, 0.2) is 5.16 Å². The molecule has 0 saturated carbocycles. The summed E-state index contributed by atoms with van der Waals surface area (Å²) >= 11 is 1.52. The molecule has 0 amide bonds. The van der Waals surface area contributed by atoms with Crippen LogP contribution in [-0.2, 0) is 0 Å². The number of hydrogen-bond donors (Lipinski definition) is 2. The van der Waals surface area contributed by atoms with Crippen LogP contribution in [0.25, 0.3) is 0 Å². The first kappa shape index (κ1) is 15.6. The van der Waals surface area contributed by atoms with Crippen LogP contribution in [-0.4, -0.2) is 29.4 Å². The fourth-order valence-corrected chi connectivity index (χ4v) is 2.89. The van der Waals surface area contributed by atoms with Crippen LogP contribution in [0, 0.1) is 0 Å². The normalized spacial score (nSPS) is 12.1. The number of nitrogens with one attached hydrogen (secondary N) is 2. The molecular formula is C15H19N3O2S. The number of aromatic amines is 1. The zero-order valence-corrected chi connectivity index (χ0v) is 12.9. The number of rotatable bonds is 7. The third kappa shape index (κ3) is 4.61. The molecule has 1 unspecified atom stereocenters. The van der Waals surface area contributed by atoms with Crippen molar-refractivity contribution in [2.75, 3.05) is 19.4 Å². The Hall–Kier alpha value is -1.79. The summed E-state index contributed by atoms with van der Waals surface area (Å²) in [5.41, 5.74) is 1.04. The van der Waals surface area contributed by atoms with Gasteiger partial charge in [-0.25, -0.2) is 4.98 Å². The predicted molar refractivity (Wildman–Crippen MR) is 85.0 cm³/mol. The van der Waals surface area contributed by atoms with Gasteiger partial charge in [0.05, 0.1) is 6.61 Å². The molecule has 1 atom stereocenters. The largest absolute Gasteiger partial charge is 0.494 e. The lowest BCUT2D eigenvalue weighted by Gasteiger charge is -2.16. The van der Waals surface area contributed by atoms with E-state index in [0.29, 0.717) is 11.8 Å². The molecule has 0 aliphatic rings. The maximum atomic E-state index is 11.2. The third-order valence-corrected chi connectivity index (χ3v) is 3.96. The van der Waals surface area contributed by atoms with Crippen LogP contribution in [0.3, 0.4) is 0 Å². The molecule has 0 spiro atoms. The van der Waals surface area contributed by atoms with E-state index in [2.05, 4.69) is 15.3 Å². The standard InChI is InChI=1S/C15H19N3O2S/c1-3-20-12-6-4-11(5-7-12)13(16-2)10-21-15-17-9-8-14(19)18-15/h4-9,13,16H,3,10H2,1-2H3,(H,17,18,19). The van der Waals surface area contributed by atoms with Gasteiger partial charge >= 0.3 is 0 Å². The van der Waals surface area contributed by atoms with E-state index >= 15 is 0 Å².